The number of halogens is 6. The van der Waals surface area contributed by atoms with E-state index in [9.17, 15) is 50.9 Å². The van der Waals surface area contributed by atoms with E-state index in [4.69, 9.17) is 9.84 Å². The van der Waals surface area contributed by atoms with Crippen LogP contribution >= 0.6 is 11.3 Å². The number of piperidine rings is 2. The number of allylic oxidation sites excluding steroid dienone is 1. The van der Waals surface area contributed by atoms with Gasteiger partial charge >= 0.3 is 18.3 Å². The normalized spacial score (nSPS) is 19.7. The van der Waals surface area contributed by atoms with Crippen molar-refractivity contribution >= 4 is 29.1 Å². The molecule has 0 bridgehead atoms. The van der Waals surface area contributed by atoms with Gasteiger partial charge in [-0.15, -0.1) is 17.9 Å². The quantitative estimate of drug-likeness (QED) is 0.0984. The second kappa shape index (κ2) is 20.8. The number of hydrogen-bond acceptors (Lipinski definition) is 8. The van der Waals surface area contributed by atoms with Crippen LogP contribution in [0, 0.1) is 11.3 Å². The van der Waals surface area contributed by atoms with Crippen LogP contribution in [0.5, 0.6) is 11.5 Å². The van der Waals surface area contributed by atoms with E-state index in [1.165, 1.54) is 11.1 Å². The second-order valence-electron chi connectivity index (χ2n) is 15.3. The molecule has 1 aliphatic carbocycles. The molecule has 60 heavy (non-hydrogen) atoms. The number of alkyl halides is 6. The lowest BCUT2D eigenvalue weighted by Crippen LogP contribution is -2.55. The van der Waals surface area contributed by atoms with Crippen molar-refractivity contribution in [1.29, 1.82) is 0 Å². The van der Waals surface area contributed by atoms with Crippen LogP contribution in [-0.2, 0) is 27.5 Å². The Kier molecular flexibility index (Phi) is 16.6. The lowest BCUT2D eigenvalue weighted by atomic mass is 9.66. The van der Waals surface area contributed by atoms with Gasteiger partial charge in [0, 0.05) is 48.9 Å². The lowest BCUT2D eigenvalue weighted by molar-refractivity contribution is -0.155. The zero-order valence-corrected chi connectivity index (χ0v) is 34.6. The predicted octanol–water partition coefficient (Wildman–Crippen LogP) is 9.71. The minimum absolute atomic E-state index is 0.159. The number of para-hydroxylation sites is 1. The van der Waals surface area contributed by atoms with Crippen LogP contribution in [-0.4, -0.2) is 80.2 Å². The van der Waals surface area contributed by atoms with Gasteiger partial charge < -0.3 is 29.9 Å². The van der Waals surface area contributed by atoms with E-state index < -0.39 is 63.3 Å². The van der Waals surface area contributed by atoms with Crippen LogP contribution in [0.2, 0.25) is 0 Å². The van der Waals surface area contributed by atoms with Crippen LogP contribution in [0.25, 0.3) is 0 Å². The molecule has 1 aromatic carbocycles. The van der Waals surface area contributed by atoms with Crippen molar-refractivity contribution in [2.45, 2.75) is 108 Å². The number of amides is 2. The summed E-state index contributed by atoms with van der Waals surface area (Å²) in [5, 5.41) is 30.9. The third kappa shape index (κ3) is 11.8. The molecular weight excluding hydrogens is 817 g/mol. The summed E-state index contributed by atoms with van der Waals surface area (Å²) in [7, 11) is 0. The highest BCUT2D eigenvalue weighted by Crippen LogP contribution is 2.45. The largest absolute Gasteiger partial charge is 0.507 e. The number of rotatable bonds is 11. The number of carbonyl (C=O) groups excluding carboxylic acids is 2. The zero-order valence-electron chi connectivity index (χ0n) is 33.7. The molecule has 3 fully saturated rings. The Morgan fingerprint density at radius 1 is 1.00 bits per heavy atom. The van der Waals surface area contributed by atoms with E-state index in [-0.39, 0.29) is 44.1 Å². The summed E-state index contributed by atoms with van der Waals surface area (Å²) in [4.78, 5) is 45.3. The molecule has 3 aromatic rings. The van der Waals surface area contributed by atoms with Crippen molar-refractivity contribution in [3.05, 3.63) is 88.4 Å². The van der Waals surface area contributed by atoms with Crippen molar-refractivity contribution in [2.75, 3.05) is 26.2 Å². The molecule has 0 spiro atoms. The third-order valence-electron chi connectivity index (χ3n) is 11.2. The fourth-order valence-corrected chi connectivity index (χ4v) is 8.65. The number of nitrogens with zero attached hydrogens (tertiary/aromatic N) is 3. The van der Waals surface area contributed by atoms with Crippen LogP contribution < -0.4 is 4.74 Å². The number of benzene rings is 1. The second-order valence-corrected chi connectivity index (χ2v) is 16.2. The average Bonchev–Trinajstić information content (AvgIpc) is 3.64. The van der Waals surface area contributed by atoms with Gasteiger partial charge in [0.15, 0.2) is 0 Å². The molecule has 2 aliphatic heterocycles. The molecule has 2 saturated heterocycles. The fourth-order valence-electron chi connectivity index (χ4n) is 8.01. The summed E-state index contributed by atoms with van der Waals surface area (Å²) >= 11 is 0.481. The first-order valence-electron chi connectivity index (χ1n) is 20.0. The van der Waals surface area contributed by atoms with Gasteiger partial charge in [-0.2, -0.15) is 26.3 Å². The van der Waals surface area contributed by atoms with Crippen LogP contribution in [0.1, 0.15) is 111 Å². The molecule has 4 heterocycles. The Hall–Kier alpha value is -4.64. The topological polar surface area (TPSA) is 140 Å². The Morgan fingerprint density at radius 3 is 2.20 bits per heavy atom. The molecule has 10 nitrogen and oxygen atoms in total. The minimum Gasteiger partial charge on any atom is -0.507 e. The summed E-state index contributed by atoms with van der Waals surface area (Å²) in [5.41, 5.74) is -3.01. The molecule has 6 rings (SSSR count). The Morgan fingerprint density at radius 2 is 1.67 bits per heavy atom. The number of hydrogen-bond donors (Lipinski definition) is 3. The van der Waals surface area contributed by atoms with Crippen molar-refractivity contribution < 1.29 is 60.8 Å². The molecule has 2 atom stereocenters. The minimum atomic E-state index is -4.74. The highest BCUT2D eigenvalue weighted by atomic mass is 32.1. The summed E-state index contributed by atoms with van der Waals surface area (Å²) < 4.78 is 82.3. The first kappa shape index (κ1) is 48.0. The molecule has 3 aliphatic rings. The van der Waals surface area contributed by atoms with E-state index in [2.05, 4.69) is 11.6 Å². The van der Waals surface area contributed by atoms with E-state index in [1.54, 1.807) is 17.0 Å². The van der Waals surface area contributed by atoms with E-state index in [0.29, 0.717) is 86.7 Å². The molecular formula is C43H53F6N3O7S. The molecule has 3 N–H and O–H groups in total. The Bertz CT molecular complexity index is 1910. The number of aliphatic carboxylic acids is 1. The molecule has 2 aromatic heterocycles. The number of carbonyl (C=O) groups is 3. The number of pyridine rings is 1. The SMILES string of the molecule is C=CC.CCCC1C(C(=O)N2CCC(O)(c3ccccc3OCCCC3(C(=O)O)CCC3)CC2)CCCN1C(=O)c1ncccc1C(F)(F)F.Oc1csc(C(F)(F)F)c1. The summed E-state index contributed by atoms with van der Waals surface area (Å²) in [6.45, 7) is 8.28. The lowest BCUT2D eigenvalue weighted by Gasteiger charge is -2.45. The molecule has 2 amide bonds. The smallest absolute Gasteiger partial charge is 0.425 e. The van der Waals surface area contributed by atoms with Gasteiger partial charge in [0.2, 0.25) is 5.91 Å². The molecule has 2 unspecified atom stereocenters. The Labute approximate surface area is 349 Å². The summed E-state index contributed by atoms with van der Waals surface area (Å²) in [5.74, 6) is -2.10. The summed E-state index contributed by atoms with van der Waals surface area (Å²) in [6.07, 6.45) is -0.101. The third-order valence-corrected chi connectivity index (χ3v) is 12.2. The van der Waals surface area contributed by atoms with E-state index in [1.807, 2.05) is 32.0 Å². The number of ether oxygens (including phenoxy) is 1. The van der Waals surface area contributed by atoms with E-state index in [0.717, 1.165) is 23.9 Å². The van der Waals surface area contributed by atoms with Gasteiger partial charge in [0.1, 0.15) is 22.1 Å². The average molecular weight is 870 g/mol. The highest BCUT2D eigenvalue weighted by molar-refractivity contribution is 7.10. The predicted molar refractivity (Wildman–Crippen MR) is 213 cm³/mol. The molecule has 330 valence electrons. The van der Waals surface area contributed by atoms with Gasteiger partial charge in [0.25, 0.3) is 5.91 Å². The number of aliphatic hydroxyl groups is 1. The van der Waals surface area contributed by atoms with Gasteiger partial charge in [-0.3, -0.25) is 19.4 Å². The zero-order chi connectivity index (χ0) is 44.3. The van der Waals surface area contributed by atoms with Gasteiger partial charge in [-0.05, 0) is 82.9 Å². The van der Waals surface area contributed by atoms with Crippen LogP contribution in [0.15, 0.2) is 66.7 Å². The van der Waals surface area contributed by atoms with Crippen molar-refractivity contribution in [2.24, 2.45) is 11.3 Å². The number of thiophene rings is 1. The number of carboxylic acid groups (broad SMARTS) is 1. The van der Waals surface area contributed by atoms with Gasteiger partial charge in [-0.25, -0.2) is 0 Å². The Balaban J connectivity index is 0.000000524. The maximum atomic E-state index is 14.0. The van der Waals surface area contributed by atoms with E-state index >= 15 is 0 Å². The maximum absolute atomic E-state index is 14.0. The monoisotopic (exact) mass is 869 g/mol. The standard InChI is InChI=1S/C35H44F3N3O6.C5H3F3OS.C3H6/c1-2-9-27-24(10-6-20-41(27)31(43)29-26(35(36,37)38)12-5-19-39-29)30(42)40-21-17-34(46,18-22-40)25-11-3-4-13-28(25)47-23-8-16-33(32(44)45)14-7-15-33;6-5(7,8)4-1-3(9)2-10-4;1-3-2/h3-5,11-13,19,24,27,46H,2,6-10,14-18,20-23H2,1H3,(H,44,45);1-2,9H;3H,1H2,2H3. The van der Waals surface area contributed by atoms with Gasteiger partial charge in [-0.1, -0.05) is 44.0 Å². The van der Waals surface area contributed by atoms with Gasteiger partial charge in [0.05, 0.1) is 29.1 Å². The molecule has 1 saturated carbocycles. The van der Waals surface area contributed by atoms with Crippen molar-refractivity contribution in [1.82, 2.24) is 14.8 Å². The number of aromatic hydroxyl groups is 1. The maximum Gasteiger partial charge on any atom is 0.425 e. The number of aromatic nitrogens is 1. The number of carboxylic acids is 1. The highest BCUT2D eigenvalue weighted by Gasteiger charge is 2.46. The first-order chi connectivity index (χ1) is 28.3. The first-order valence-corrected chi connectivity index (χ1v) is 20.9. The summed E-state index contributed by atoms with van der Waals surface area (Å²) in [6, 6.07) is 9.38. The van der Waals surface area contributed by atoms with Crippen molar-refractivity contribution in [3.8, 4) is 11.5 Å². The fraction of sp³-hybridized carbons (Fsp3) is 0.535. The van der Waals surface area contributed by atoms with Crippen molar-refractivity contribution in [3.63, 3.8) is 0 Å². The van der Waals surface area contributed by atoms with Crippen LogP contribution in [0.3, 0.4) is 0 Å². The molecule has 0 radical (unpaired) electrons. The molecule has 17 heteroatoms. The number of likely N-dealkylation sites (tertiary alicyclic amines) is 2. The van der Waals surface area contributed by atoms with Crippen LogP contribution in [0.4, 0.5) is 26.3 Å².